The number of carbonyl (C=O) groups is 2. The van der Waals surface area contributed by atoms with Gasteiger partial charge < -0.3 is 13.9 Å². The molecule has 0 aliphatic heterocycles. The first-order valence-corrected chi connectivity index (χ1v) is 10.1. The molecule has 0 saturated carbocycles. The van der Waals surface area contributed by atoms with Crippen molar-refractivity contribution < 1.29 is 23.5 Å². The van der Waals surface area contributed by atoms with Crippen molar-refractivity contribution in [2.45, 2.75) is 19.4 Å². The summed E-state index contributed by atoms with van der Waals surface area (Å²) in [4.78, 5) is 24.0. The van der Waals surface area contributed by atoms with Crippen LogP contribution >= 0.6 is 15.9 Å². The molecule has 0 aliphatic carbocycles. The Bertz CT molecular complexity index is 957. The van der Waals surface area contributed by atoms with Crippen LogP contribution in [0.25, 0.3) is 0 Å². The highest BCUT2D eigenvalue weighted by molar-refractivity contribution is 9.10. The summed E-state index contributed by atoms with van der Waals surface area (Å²) < 4.78 is 17.5. The first kappa shape index (κ1) is 21.4. The van der Waals surface area contributed by atoms with Crippen molar-refractivity contribution in [3.8, 4) is 11.5 Å². The predicted octanol–water partition coefficient (Wildman–Crippen LogP) is 4.24. The number of furan rings is 1. The van der Waals surface area contributed by atoms with Gasteiger partial charge in [0.1, 0.15) is 23.9 Å². The van der Waals surface area contributed by atoms with Crippen molar-refractivity contribution in [3.05, 3.63) is 82.7 Å². The van der Waals surface area contributed by atoms with Gasteiger partial charge >= 0.3 is 5.91 Å². The number of hydrogen-bond acceptors (Lipinski definition) is 5. The van der Waals surface area contributed by atoms with Crippen molar-refractivity contribution >= 4 is 27.7 Å². The van der Waals surface area contributed by atoms with E-state index in [-0.39, 0.29) is 24.7 Å². The second kappa shape index (κ2) is 11.1. The van der Waals surface area contributed by atoms with Crippen LogP contribution in [-0.2, 0) is 11.4 Å². The molecule has 7 nitrogen and oxygen atoms in total. The number of para-hydroxylation sites is 1. The molecule has 1 heterocycles. The van der Waals surface area contributed by atoms with Gasteiger partial charge in [0.15, 0.2) is 5.76 Å². The van der Waals surface area contributed by atoms with E-state index in [1.54, 1.807) is 6.07 Å². The minimum atomic E-state index is -0.541. The summed E-state index contributed by atoms with van der Waals surface area (Å²) in [5.41, 5.74) is 4.69. The fourth-order valence-electron chi connectivity index (χ4n) is 2.45. The Labute approximate surface area is 182 Å². The normalized spacial score (nSPS) is 10.3. The molecule has 0 saturated heterocycles. The Kier molecular flexibility index (Phi) is 7.91. The van der Waals surface area contributed by atoms with Gasteiger partial charge in [-0.1, -0.05) is 34.1 Å². The molecule has 0 unspecified atom stereocenters. The third-order valence-corrected chi connectivity index (χ3v) is 4.48. The molecule has 156 valence electrons. The van der Waals surface area contributed by atoms with Crippen molar-refractivity contribution in [2.24, 2.45) is 0 Å². The minimum absolute atomic E-state index is 0.0838. The van der Waals surface area contributed by atoms with Gasteiger partial charge in [0, 0.05) is 10.9 Å². The fraction of sp³-hybridized carbons (Fsp3) is 0.182. The molecule has 1 aromatic heterocycles. The van der Waals surface area contributed by atoms with E-state index >= 15 is 0 Å². The second-order valence-corrected chi connectivity index (χ2v) is 7.19. The highest BCUT2D eigenvalue weighted by Crippen LogP contribution is 2.16. The number of carbonyl (C=O) groups excluding carboxylic acids is 2. The Morgan fingerprint density at radius 1 is 0.867 bits per heavy atom. The second-order valence-electron chi connectivity index (χ2n) is 6.28. The zero-order valence-corrected chi connectivity index (χ0v) is 17.7. The molecule has 2 N–H and O–H groups in total. The smallest absolute Gasteiger partial charge is 0.305 e. The van der Waals surface area contributed by atoms with E-state index in [1.165, 1.54) is 6.07 Å². The lowest BCUT2D eigenvalue weighted by atomic mass is 10.3. The van der Waals surface area contributed by atoms with E-state index in [0.717, 1.165) is 10.2 Å². The summed E-state index contributed by atoms with van der Waals surface area (Å²) in [7, 11) is 0. The van der Waals surface area contributed by atoms with Crippen LogP contribution in [0.1, 0.15) is 29.2 Å². The molecule has 0 atom stereocenters. The average molecular weight is 473 g/mol. The van der Waals surface area contributed by atoms with Crippen LogP contribution in [0.15, 0.2) is 75.6 Å². The molecular formula is C22H21BrN2O5. The fourth-order valence-corrected chi connectivity index (χ4v) is 2.72. The standard InChI is InChI=1S/C22H21BrN2O5/c23-16-8-10-18(11-9-16)28-14-4-7-21(26)24-25-22(27)20-13-12-19(30-20)15-29-17-5-2-1-3-6-17/h1-3,5-6,8-13H,4,7,14-15H2,(H,24,26)(H,25,27). The third-order valence-electron chi connectivity index (χ3n) is 3.96. The predicted molar refractivity (Wildman–Crippen MR) is 114 cm³/mol. The summed E-state index contributed by atoms with van der Waals surface area (Å²) in [6.45, 7) is 0.591. The largest absolute Gasteiger partial charge is 0.494 e. The first-order chi connectivity index (χ1) is 14.6. The molecule has 3 aromatic rings. The lowest BCUT2D eigenvalue weighted by Crippen LogP contribution is -2.41. The SMILES string of the molecule is O=C(CCCOc1ccc(Br)cc1)NNC(=O)c1ccc(COc2ccccc2)o1. The molecule has 0 spiro atoms. The summed E-state index contributed by atoms with van der Waals surface area (Å²) in [5, 5.41) is 0. The number of benzene rings is 2. The molecule has 8 heteroatoms. The summed E-state index contributed by atoms with van der Waals surface area (Å²) >= 11 is 3.35. The van der Waals surface area contributed by atoms with Crippen LogP contribution in [0.4, 0.5) is 0 Å². The molecule has 0 radical (unpaired) electrons. The van der Waals surface area contributed by atoms with E-state index in [9.17, 15) is 9.59 Å². The highest BCUT2D eigenvalue weighted by atomic mass is 79.9. The number of ether oxygens (including phenoxy) is 2. The zero-order valence-electron chi connectivity index (χ0n) is 16.1. The van der Waals surface area contributed by atoms with Gasteiger partial charge in [-0.05, 0) is 55.0 Å². The monoisotopic (exact) mass is 472 g/mol. The topological polar surface area (TPSA) is 89.8 Å². The maximum absolute atomic E-state index is 12.1. The summed E-state index contributed by atoms with van der Waals surface area (Å²) in [5.74, 6) is 1.16. The highest BCUT2D eigenvalue weighted by Gasteiger charge is 2.12. The van der Waals surface area contributed by atoms with Crippen molar-refractivity contribution in [1.82, 2.24) is 10.9 Å². The van der Waals surface area contributed by atoms with Crippen LogP contribution in [0.3, 0.4) is 0 Å². The van der Waals surface area contributed by atoms with Crippen LogP contribution in [-0.4, -0.2) is 18.4 Å². The Morgan fingerprint density at radius 3 is 2.37 bits per heavy atom. The van der Waals surface area contributed by atoms with Gasteiger partial charge in [-0.15, -0.1) is 0 Å². The van der Waals surface area contributed by atoms with Crippen molar-refractivity contribution in [2.75, 3.05) is 6.61 Å². The summed E-state index contributed by atoms with van der Waals surface area (Å²) in [6, 6.07) is 19.9. The zero-order chi connectivity index (χ0) is 21.2. The van der Waals surface area contributed by atoms with Crippen LogP contribution in [0, 0.1) is 0 Å². The van der Waals surface area contributed by atoms with E-state index < -0.39 is 5.91 Å². The lowest BCUT2D eigenvalue weighted by Gasteiger charge is -2.07. The van der Waals surface area contributed by atoms with Gasteiger partial charge in [0.2, 0.25) is 5.91 Å². The third kappa shape index (κ3) is 6.97. The molecule has 0 fully saturated rings. The van der Waals surface area contributed by atoms with E-state index in [4.69, 9.17) is 13.9 Å². The van der Waals surface area contributed by atoms with E-state index in [2.05, 4.69) is 26.8 Å². The van der Waals surface area contributed by atoms with Gasteiger partial charge in [-0.3, -0.25) is 20.4 Å². The Balaban J connectivity index is 1.33. The molecule has 2 amide bonds. The number of rotatable bonds is 9. The number of nitrogens with one attached hydrogen (secondary N) is 2. The van der Waals surface area contributed by atoms with E-state index in [1.807, 2.05) is 54.6 Å². The van der Waals surface area contributed by atoms with Crippen LogP contribution < -0.4 is 20.3 Å². The number of halogens is 1. The number of hydrogen-bond donors (Lipinski definition) is 2. The lowest BCUT2D eigenvalue weighted by molar-refractivity contribution is -0.122. The number of hydrazine groups is 1. The van der Waals surface area contributed by atoms with Crippen LogP contribution in [0.2, 0.25) is 0 Å². The van der Waals surface area contributed by atoms with Gasteiger partial charge in [-0.2, -0.15) is 0 Å². The van der Waals surface area contributed by atoms with E-state index in [0.29, 0.717) is 24.5 Å². The quantitative estimate of drug-likeness (QED) is 0.359. The molecule has 30 heavy (non-hydrogen) atoms. The molecule has 0 aliphatic rings. The minimum Gasteiger partial charge on any atom is -0.494 e. The van der Waals surface area contributed by atoms with Crippen molar-refractivity contribution in [3.63, 3.8) is 0 Å². The Morgan fingerprint density at radius 2 is 1.60 bits per heavy atom. The first-order valence-electron chi connectivity index (χ1n) is 9.34. The summed E-state index contributed by atoms with van der Waals surface area (Å²) in [6.07, 6.45) is 0.727. The molecule has 0 bridgehead atoms. The molecule has 3 rings (SSSR count). The van der Waals surface area contributed by atoms with Gasteiger partial charge in [0.05, 0.1) is 6.61 Å². The molecule has 2 aromatic carbocycles. The van der Waals surface area contributed by atoms with Crippen molar-refractivity contribution in [1.29, 1.82) is 0 Å². The van der Waals surface area contributed by atoms with Gasteiger partial charge in [0.25, 0.3) is 0 Å². The maximum Gasteiger partial charge on any atom is 0.305 e. The average Bonchev–Trinajstić information content (AvgIpc) is 3.25. The molecular weight excluding hydrogens is 452 g/mol. The maximum atomic E-state index is 12.1. The van der Waals surface area contributed by atoms with Gasteiger partial charge in [-0.25, -0.2) is 0 Å². The van der Waals surface area contributed by atoms with Crippen LogP contribution in [0.5, 0.6) is 11.5 Å². The Hall–Kier alpha value is -3.26. The number of amides is 2.